The van der Waals surface area contributed by atoms with Gasteiger partial charge in [0.15, 0.2) is 11.5 Å². The lowest BCUT2D eigenvalue weighted by Crippen LogP contribution is -2.42. The topological polar surface area (TPSA) is 132 Å². The molecule has 0 radical (unpaired) electrons. The zero-order chi connectivity index (χ0) is 25.3. The number of fused-ring (bicyclic) bond motifs is 1. The van der Waals surface area contributed by atoms with Crippen LogP contribution < -0.4 is 21.1 Å². The summed E-state index contributed by atoms with van der Waals surface area (Å²) in [6, 6.07) is 4.81. The van der Waals surface area contributed by atoms with Crippen LogP contribution in [0.25, 0.3) is 22.4 Å². The van der Waals surface area contributed by atoms with E-state index in [2.05, 4.69) is 20.6 Å². The lowest BCUT2D eigenvalue weighted by atomic mass is 10.1. The van der Waals surface area contributed by atoms with Crippen LogP contribution in [0.4, 0.5) is 13.2 Å². The monoisotopic (exact) mass is 491 g/mol. The van der Waals surface area contributed by atoms with Gasteiger partial charge in [0.25, 0.3) is 5.91 Å². The molecule has 2 aromatic heterocycles. The summed E-state index contributed by atoms with van der Waals surface area (Å²) in [7, 11) is 1.32. The molecule has 0 saturated heterocycles. The number of aromatic nitrogens is 2. The highest BCUT2D eigenvalue weighted by Gasteiger charge is 2.33. The summed E-state index contributed by atoms with van der Waals surface area (Å²) in [6.07, 6.45) is -2.88. The Labute approximate surface area is 198 Å². The van der Waals surface area contributed by atoms with E-state index in [0.29, 0.717) is 10.9 Å². The molecule has 35 heavy (non-hydrogen) atoms. The van der Waals surface area contributed by atoms with Gasteiger partial charge in [0.05, 0.1) is 13.7 Å². The maximum absolute atomic E-state index is 13.2. The van der Waals surface area contributed by atoms with Crippen LogP contribution in [0.5, 0.6) is 5.75 Å². The van der Waals surface area contributed by atoms with Gasteiger partial charge in [0, 0.05) is 29.5 Å². The summed E-state index contributed by atoms with van der Waals surface area (Å²) in [5, 5.41) is 5.82. The summed E-state index contributed by atoms with van der Waals surface area (Å²) in [4.78, 5) is 32.6. The number of halogens is 3. The third-order valence-corrected chi connectivity index (χ3v) is 5.56. The molecule has 3 aromatic rings. The first kappa shape index (κ1) is 24.5. The number of methoxy groups -OCH3 is 1. The van der Waals surface area contributed by atoms with Gasteiger partial charge in [0.1, 0.15) is 17.0 Å². The molecule has 1 fully saturated rings. The maximum atomic E-state index is 13.2. The van der Waals surface area contributed by atoms with E-state index in [9.17, 15) is 22.8 Å². The largest absolute Gasteiger partial charge is 0.494 e. The number of nitrogens with one attached hydrogen (secondary N) is 2. The number of nitrogens with two attached hydrogens (primary N) is 1. The third kappa shape index (κ3) is 5.21. The minimum atomic E-state index is -4.63. The molecule has 0 unspecified atom stereocenters. The molecule has 1 atom stereocenters. The number of alkyl halides is 3. The Morgan fingerprint density at radius 3 is 2.60 bits per heavy atom. The summed E-state index contributed by atoms with van der Waals surface area (Å²) < 4.78 is 50.5. The van der Waals surface area contributed by atoms with Crippen molar-refractivity contribution in [3.63, 3.8) is 0 Å². The van der Waals surface area contributed by atoms with Crippen molar-refractivity contribution in [2.75, 3.05) is 13.7 Å². The highest BCUT2D eigenvalue weighted by Crippen LogP contribution is 2.37. The van der Waals surface area contributed by atoms with Crippen LogP contribution in [0, 0.1) is 5.92 Å². The molecule has 9 nitrogen and oxygen atoms in total. The van der Waals surface area contributed by atoms with E-state index in [1.165, 1.54) is 19.2 Å². The minimum Gasteiger partial charge on any atom is -0.494 e. The molecule has 1 aliphatic rings. The van der Waals surface area contributed by atoms with Crippen molar-refractivity contribution in [2.45, 2.75) is 38.5 Å². The van der Waals surface area contributed by atoms with E-state index in [1.807, 2.05) is 0 Å². The van der Waals surface area contributed by atoms with Crippen LogP contribution in [0.2, 0.25) is 0 Å². The first-order valence-electron chi connectivity index (χ1n) is 11.0. The Morgan fingerprint density at radius 2 is 1.97 bits per heavy atom. The zero-order valence-corrected chi connectivity index (χ0v) is 19.0. The Hall–Kier alpha value is -3.67. The first-order chi connectivity index (χ1) is 16.6. The van der Waals surface area contributed by atoms with Crippen LogP contribution in [-0.2, 0) is 17.5 Å². The lowest BCUT2D eigenvalue weighted by Gasteiger charge is -2.14. The fraction of sp³-hybridized carbons (Fsp3) is 0.391. The van der Waals surface area contributed by atoms with Gasteiger partial charge in [-0.25, -0.2) is 9.97 Å². The molecule has 12 heteroatoms. The molecule has 1 aliphatic carbocycles. The summed E-state index contributed by atoms with van der Waals surface area (Å²) in [5.74, 6) is -0.289. The van der Waals surface area contributed by atoms with Crippen LogP contribution >= 0.6 is 0 Å². The average molecular weight is 491 g/mol. The number of carbonyl (C=O) groups is 2. The number of amides is 2. The molecule has 1 saturated carbocycles. The Bertz CT molecular complexity index is 1270. The van der Waals surface area contributed by atoms with E-state index in [1.54, 1.807) is 13.0 Å². The molecule has 2 amide bonds. The van der Waals surface area contributed by atoms with Crippen molar-refractivity contribution >= 4 is 22.7 Å². The van der Waals surface area contributed by atoms with Crippen LogP contribution in [0.1, 0.15) is 41.7 Å². The van der Waals surface area contributed by atoms with Gasteiger partial charge >= 0.3 is 6.18 Å². The van der Waals surface area contributed by atoms with Gasteiger partial charge < -0.3 is 25.5 Å². The average Bonchev–Trinajstić information content (AvgIpc) is 3.60. The highest BCUT2D eigenvalue weighted by molar-refractivity contribution is 5.98. The van der Waals surface area contributed by atoms with Crippen LogP contribution in [0.15, 0.2) is 28.7 Å². The van der Waals surface area contributed by atoms with Crippen LogP contribution in [0.3, 0.4) is 0 Å². The fourth-order valence-corrected chi connectivity index (χ4v) is 3.57. The van der Waals surface area contributed by atoms with Gasteiger partial charge in [-0.05, 0) is 44.0 Å². The fourth-order valence-electron chi connectivity index (χ4n) is 3.57. The summed E-state index contributed by atoms with van der Waals surface area (Å²) in [6.45, 7) is 1.80. The van der Waals surface area contributed by atoms with E-state index in [0.717, 1.165) is 18.9 Å². The molecule has 4 rings (SSSR count). The van der Waals surface area contributed by atoms with Crippen LogP contribution in [-0.4, -0.2) is 41.5 Å². The molecule has 0 aliphatic heterocycles. The van der Waals surface area contributed by atoms with Gasteiger partial charge in [0.2, 0.25) is 11.8 Å². The molecular weight excluding hydrogens is 467 g/mol. The number of rotatable bonds is 8. The predicted molar refractivity (Wildman–Crippen MR) is 119 cm³/mol. The number of nitrogens with zero attached hydrogens (tertiary/aromatic N) is 2. The van der Waals surface area contributed by atoms with Crippen molar-refractivity contribution in [3.8, 4) is 17.2 Å². The molecule has 186 valence electrons. The Balaban J connectivity index is 1.61. The SMILES string of the molecule is COc1ccc(-c2nc(C(=O)NC[C@@H](C)NC(=O)C3CC3)c(CN)o2)c2ccc(C(F)(F)F)nc12. The second-order valence-corrected chi connectivity index (χ2v) is 8.29. The lowest BCUT2D eigenvalue weighted by molar-refractivity contribution is -0.141. The third-order valence-electron chi connectivity index (χ3n) is 5.56. The second-order valence-electron chi connectivity index (χ2n) is 8.29. The van der Waals surface area contributed by atoms with Crippen molar-refractivity contribution < 1.29 is 31.9 Å². The molecule has 0 bridgehead atoms. The minimum absolute atomic E-state index is 0.0000959. The van der Waals surface area contributed by atoms with E-state index >= 15 is 0 Å². The maximum Gasteiger partial charge on any atom is 0.433 e. The molecule has 2 heterocycles. The van der Waals surface area contributed by atoms with Crippen molar-refractivity contribution in [1.29, 1.82) is 0 Å². The van der Waals surface area contributed by atoms with E-state index in [4.69, 9.17) is 14.9 Å². The Morgan fingerprint density at radius 1 is 1.23 bits per heavy atom. The second kappa shape index (κ2) is 9.53. The molecule has 0 spiro atoms. The summed E-state index contributed by atoms with van der Waals surface area (Å²) in [5.41, 5.74) is 4.91. The molecule has 4 N–H and O–H groups in total. The zero-order valence-electron chi connectivity index (χ0n) is 19.0. The van der Waals surface area contributed by atoms with Gasteiger partial charge in [-0.1, -0.05) is 0 Å². The van der Waals surface area contributed by atoms with E-state index in [-0.39, 0.29) is 59.6 Å². The number of hydrogen-bond acceptors (Lipinski definition) is 7. The Kier molecular flexibility index (Phi) is 6.66. The van der Waals surface area contributed by atoms with Crippen molar-refractivity contribution in [1.82, 2.24) is 20.6 Å². The van der Waals surface area contributed by atoms with Gasteiger partial charge in [-0.3, -0.25) is 9.59 Å². The number of ether oxygens (including phenoxy) is 1. The van der Waals surface area contributed by atoms with Crippen molar-refractivity contribution in [2.24, 2.45) is 11.7 Å². The predicted octanol–water partition coefficient (Wildman–Crippen LogP) is 3.02. The number of oxazole rings is 1. The standard InChI is InChI=1S/C23H24F3N5O4/c1-11(29-20(32)12-3-4-12)10-28-21(33)19-16(9-27)35-22(31-19)14-5-7-15(34-2)18-13(14)6-8-17(30-18)23(24,25)26/h5-8,11-12H,3-4,9-10,27H2,1-2H3,(H,28,33)(H,29,32)/t11-/m1/s1. The van der Waals surface area contributed by atoms with Crippen molar-refractivity contribution in [3.05, 3.63) is 41.4 Å². The smallest absolute Gasteiger partial charge is 0.433 e. The first-order valence-corrected chi connectivity index (χ1v) is 11.0. The van der Waals surface area contributed by atoms with E-state index < -0.39 is 17.8 Å². The van der Waals surface area contributed by atoms with Gasteiger partial charge in [-0.2, -0.15) is 13.2 Å². The normalized spacial score (nSPS) is 14.6. The molecular formula is C23H24F3N5O4. The quantitative estimate of drug-likeness (QED) is 0.441. The van der Waals surface area contributed by atoms with Gasteiger partial charge in [-0.15, -0.1) is 0 Å². The number of carbonyl (C=O) groups excluding carboxylic acids is 2. The summed E-state index contributed by atoms with van der Waals surface area (Å²) >= 11 is 0. The number of benzene rings is 1. The number of hydrogen-bond donors (Lipinski definition) is 3. The number of pyridine rings is 1. The molecule has 1 aromatic carbocycles. The highest BCUT2D eigenvalue weighted by atomic mass is 19.4.